The molecular weight excluding hydrogens is 842 g/mol. The number of para-hydroxylation sites is 1. The number of carbonyl (C=O) groups excluding carboxylic acids is 4. The van der Waals surface area contributed by atoms with E-state index in [1.807, 2.05) is 36.4 Å². The average Bonchev–Trinajstić information content (AvgIpc) is 3.60. The molecule has 0 bridgehead atoms. The van der Waals surface area contributed by atoms with Crippen LogP contribution in [0.15, 0.2) is 121 Å². The van der Waals surface area contributed by atoms with Crippen LogP contribution in [0.4, 0.5) is 36.1 Å². The molecule has 1 saturated carbocycles. The molecule has 2 aliphatic carbocycles. The molecule has 16 heteroatoms. The summed E-state index contributed by atoms with van der Waals surface area (Å²) in [5, 5.41) is 14.3. The molecule has 1 aromatic heterocycles. The van der Waals surface area contributed by atoms with Gasteiger partial charge in [0.2, 0.25) is 11.8 Å². The third-order valence-corrected chi connectivity index (χ3v) is 12.9. The number of imide groups is 2. The van der Waals surface area contributed by atoms with Gasteiger partial charge in [0.05, 0.1) is 39.4 Å². The van der Waals surface area contributed by atoms with E-state index in [0.29, 0.717) is 44.7 Å². The molecule has 4 amide bonds. The molecule has 2 saturated heterocycles. The molecule has 3 N–H and O–H groups in total. The minimum Gasteiger partial charge on any atom is -0.508 e. The monoisotopic (exact) mass is 871 g/mol. The van der Waals surface area contributed by atoms with Gasteiger partial charge in [-0.05, 0) is 96.6 Å². The van der Waals surface area contributed by atoms with Gasteiger partial charge in [0.15, 0.2) is 5.82 Å². The summed E-state index contributed by atoms with van der Waals surface area (Å²) in [6.07, 6.45) is -2.34. The lowest BCUT2D eigenvalue weighted by Crippen LogP contribution is -2.53. The lowest BCUT2D eigenvalue weighted by Gasteiger charge is -2.50. The van der Waals surface area contributed by atoms with E-state index < -0.39 is 75.4 Å². The van der Waals surface area contributed by atoms with Crippen molar-refractivity contribution >= 4 is 81.3 Å². The van der Waals surface area contributed by atoms with Crippen LogP contribution in [0.1, 0.15) is 35.4 Å². The number of hydrogen-bond donors (Lipinski definition) is 3. The number of phenols is 1. The van der Waals surface area contributed by atoms with Gasteiger partial charge in [-0.2, -0.15) is 18.2 Å². The Bertz CT molecular complexity index is 2630. The highest BCUT2D eigenvalue weighted by atomic mass is 35.5. The smallest absolute Gasteiger partial charge is 0.417 e. The molecule has 4 aromatic carbocycles. The Morgan fingerprint density at radius 1 is 0.783 bits per heavy atom. The van der Waals surface area contributed by atoms with Gasteiger partial charge in [-0.25, -0.2) is 4.98 Å². The standard InChI is InChI=1S/C44H31Cl3F3N5O5/c45-24-8-6-22(7-9-24)43-33(40(58)55(42(43)60)53-38-35(47)18-23(21-51-38)44(48,49)50)20-32-29(37(43)30-15-14-28(56)19-34(30)46)16-17-31-36(32)41(59)54(39(31)57)27-12-10-26(11-13-27)52-25-4-2-1-3-5-25/h1-16,18-19,21,31-33,36-37,52,56H,17,20H2,(H,51,53). The van der Waals surface area contributed by atoms with Gasteiger partial charge in [-0.15, -0.1) is 0 Å². The predicted molar refractivity (Wildman–Crippen MR) is 219 cm³/mol. The number of hydrogen-bond acceptors (Lipinski definition) is 8. The van der Waals surface area contributed by atoms with Crippen LogP contribution in [0.5, 0.6) is 5.75 Å². The maximum atomic E-state index is 15.4. The number of nitrogens with zero attached hydrogens (tertiary/aromatic N) is 3. The Hall–Kier alpha value is -5.89. The summed E-state index contributed by atoms with van der Waals surface area (Å²) in [6, 6.07) is 27.6. The number of amides is 4. The van der Waals surface area contributed by atoms with Crippen LogP contribution in [0, 0.1) is 23.7 Å². The molecule has 304 valence electrons. The Labute approximate surface area is 355 Å². The SMILES string of the molecule is O=C1C2CC3C(=CCC4C(=O)N(c5ccc(Nc6ccccc6)cc5)C(=O)C43)C(c3ccc(O)cc3Cl)C2(c2ccc(Cl)cc2)C(=O)N1Nc1ncc(C(F)(F)F)cc1Cl. The van der Waals surface area contributed by atoms with Crippen LogP contribution >= 0.6 is 34.8 Å². The van der Waals surface area contributed by atoms with Crippen LogP contribution in [0.3, 0.4) is 0 Å². The Morgan fingerprint density at radius 3 is 2.15 bits per heavy atom. The lowest BCUT2D eigenvalue weighted by atomic mass is 9.49. The Kier molecular flexibility index (Phi) is 9.68. The molecule has 5 aromatic rings. The van der Waals surface area contributed by atoms with Crippen molar-refractivity contribution in [2.45, 2.75) is 30.4 Å². The third-order valence-electron chi connectivity index (χ3n) is 12.0. The zero-order valence-corrected chi connectivity index (χ0v) is 33.2. The summed E-state index contributed by atoms with van der Waals surface area (Å²) in [7, 11) is 0. The van der Waals surface area contributed by atoms with E-state index in [0.717, 1.165) is 11.4 Å². The molecule has 4 aliphatic rings. The van der Waals surface area contributed by atoms with Crippen molar-refractivity contribution in [3.05, 3.63) is 153 Å². The number of aromatic nitrogens is 1. The van der Waals surface area contributed by atoms with E-state index in [-0.39, 0.29) is 29.4 Å². The van der Waals surface area contributed by atoms with E-state index in [2.05, 4.69) is 15.7 Å². The number of hydrazine groups is 1. The summed E-state index contributed by atoms with van der Waals surface area (Å²) in [6.45, 7) is 0. The lowest BCUT2D eigenvalue weighted by molar-refractivity contribution is -0.139. The van der Waals surface area contributed by atoms with Gasteiger partial charge < -0.3 is 10.4 Å². The number of carbonyl (C=O) groups is 4. The largest absolute Gasteiger partial charge is 0.508 e. The number of fused-ring (bicyclic) bond motifs is 4. The number of pyridine rings is 1. The number of allylic oxidation sites excluding steroid dienone is 2. The number of rotatable bonds is 7. The fourth-order valence-electron chi connectivity index (χ4n) is 9.51. The summed E-state index contributed by atoms with van der Waals surface area (Å²) >= 11 is 19.5. The number of benzene rings is 4. The second kappa shape index (κ2) is 14.7. The van der Waals surface area contributed by atoms with Crippen molar-refractivity contribution in [1.29, 1.82) is 0 Å². The van der Waals surface area contributed by atoms with Crippen molar-refractivity contribution in [2.24, 2.45) is 23.7 Å². The van der Waals surface area contributed by atoms with Crippen molar-refractivity contribution in [3.63, 3.8) is 0 Å². The third kappa shape index (κ3) is 6.29. The number of phenolic OH excluding ortho intramolecular Hbond substituents is 1. The number of aromatic hydroxyl groups is 1. The topological polar surface area (TPSA) is 132 Å². The summed E-state index contributed by atoms with van der Waals surface area (Å²) < 4.78 is 40.6. The first-order valence-electron chi connectivity index (χ1n) is 18.8. The first-order chi connectivity index (χ1) is 28.7. The average molecular weight is 873 g/mol. The molecule has 2 aliphatic heterocycles. The zero-order valence-electron chi connectivity index (χ0n) is 31.0. The van der Waals surface area contributed by atoms with Gasteiger partial charge >= 0.3 is 6.18 Å². The highest BCUT2D eigenvalue weighted by Crippen LogP contribution is 2.65. The molecule has 9 rings (SSSR count). The van der Waals surface area contributed by atoms with Crippen LogP contribution in [-0.4, -0.2) is 38.7 Å². The molecule has 6 atom stereocenters. The number of anilines is 4. The fraction of sp³-hybridized carbons (Fsp3) is 0.205. The number of alkyl halides is 3. The van der Waals surface area contributed by atoms with Gasteiger partial charge in [0, 0.05) is 33.5 Å². The van der Waals surface area contributed by atoms with Crippen molar-refractivity contribution in [3.8, 4) is 5.75 Å². The maximum absolute atomic E-state index is 15.4. The molecule has 6 unspecified atom stereocenters. The van der Waals surface area contributed by atoms with Crippen molar-refractivity contribution in [1.82, 2.24) is 9.99 Å². The molecule has 60 heavy (non-hydrogen) atoms. The summed E-state index contributed by atoms with van der Waals surface area (Å²) in [5.74, 6) is -7.76. The molecule has 10 nitrogen and oxygen atoms in total. The molecule has 3 fully saturated rings. The second-order valence-electron chi connectivity index (χ2n) is 15.2. The first kappa shape index (κ1) is 39.6. The van der Waals surface area contributed by atoms with Crippen molar-refractivity contribution in [2.75, 3.05) is 15.6 Å². The summed E-state index contributed by atoms with van der Waals surface area (Å²) in [5.41, 5.74) is 2.94. The van der Waals surface area contributed by atoms with Gasteiger partial charge in [-0.3, -0.25) is 29.5 Å². The Balaban J connectivity index is 1.15. The molecule has 3 heterocycles. The molecule has 0 radical (unpaired) electrons. The molecule has 0 spiro atoms. The van der Waals surface area contributed by atoms with Gasteiger partial charge in [0.25, 0.3) is 11.8 Å². The van der Waals surface area contributed by atoms with E-state index >= 15 is 4.79 Å². The van der Waals surface area contributed by atoms with Gasteiger partial charge in [0.1, 0.15) is 5.75 Å². The van der Waals surface area contributed by atoms with Crippen LogP contribution in [0.25, 0.3) is 0 Å². The van der Waals surface area contributed by atoms with E-state index in [4.69, 9.17) is 34.8 Å². The van der Waals surface area contributed by atoms with Crippen LogP contribution in [0.2, 0.25) is 15.1 Å². The highest BCUT2D eigenvalue weighted by molar-refractivity contribution is 6.33. The second-order valence-corrected chi connectivity index (χ2v) is 16.4. The van der Waals surface area contributed by atoms with E-state index in [9.17, 15) is 32.7 Å². The predicted octanol–water partition coefficient (Wildman–Crippen LogP) is 9.70. The van der Waals surface area contributed by atoms with Crippen molar-refractivity contribution < 1.29 is 37.5 Å². The first-order valence-corrected chi connectivity index (χ1v) is 19.9. The van der Waals surface area contributed by atoms with E-state index in [1.165, 1.54) is 17.0 Å². The maximum Gasteiger partial charge on any atom is 0.417 e. The quantitative estimate of drug-likeness (QED) is 0.109. The van der Waals surface area contributed by atoms with Gasteiger partial charge in [-0.1, -0.05) is 82.9 Å². The minimum atomic E-state index is -4.77. The minimum absolute atomic E-state index is 0.0644. The van der Waals surface area contributed by atoms with Crippen LogP contribution < -0.4 is 15.6 Å². The summed E-state index contributed by atoms with van der Waals surface area (Å²) in [4.78, 5) is 64.2. The zero-order chi connectivity index (χ0) is 42.2. The Morgan fingerprint density at radius 2 is 1.48 bits per heavy atom. The normalized spacial score (nSPS) is 24.8. The fourth-order valence-corrected chi connectivity index (χ4v) is 10.1. The van der Waals surface area contributed by atoms with E-state index in [1.54, 1.807) is 54.6 Å². The molecular formula is C44H31Cl3F3N5O5. The number of halogens is 6. The number of nitrogens with one attached hydrogen (secondary N) is 2. The van der Waals surface area contributed by atoms with Crippen LogP contribution in [-0.2, 0) is 30.8 Å². The highest BCUT2D eigenvalue weighted by Gasteiger charge is 2.70.